The number of hydrogen-bond donors (Lipinski definition) is 0. The van der Waals surface area contributed by atoms with Crippen molar-refractivity contribution in [3.8, 4) is 0 Å². The van der Waals surface area contributed by atoms with Crippen LogP contribution in [-0.2, 0) is 0 Å². The molecule has 11 rings (SSSR count). The first-order chi connectivity index (χ1) is 30.7. The van der Waals surface area contributed by atoms with Gasteiger partial charge in [-0.15, -0.1) is 0 Å². The minimum Gasteiger partial charge on any atom is -0.311 e. The molecule has 63 heavy (non-hydrogen) atoms. The highest BCUT2D eigenvalue weighted by Gasteiger charge is 2.44. The fourth-order valence-corrected chi connectivity index (χ4v) is 12.8. The average Bonchev–Trinajstić information content (AvgIpc) is 3.30. The molecule has 0 amide bonds. The van der Waals surface area contributed by atoms with Crippen molar-refractivity contribution >= 4 is 104 Å². The van der Waals surface area contributed by atoms with E-state index in [0.29, 0.717) is 17.8 Å². The highest BCUT2D eigenvalue weighted by Crippen LogP contribution is 2.47. The second-order valence-electron chi connectivity index (χ2n) is 18.2. The first-order valence-electron chi connectivity index (χ1n) is 22.6. The van der Waals surface area contributed by atoms with Gasteiger partial charge in [-0.3, -0.25) is 0 Å². The van der Waals surface area contributed by atoms with E-state index in [-0.39, 0.29) is 13.4 Å². The van der Waals surface area contributed by atoms with Crippen LogP contribution in [0.5, 0.6) is 0 Å². The normalized spacial score (nSPS) is 13.4. The zero-order chi connectivity index (χ0) is 42.9. The number of anilines is 6. The van der Waals surface area contributed by atoms with Gasteiger partial charge in [0.1, 0.15) is 0 Å². The molecule has 0 N–H and O–H groups in total. The number of para-hydroxylation sites is 4. The van der Waals surface area contributed by atoms with Crippen molar-refractivity contribution in [2.24, 2.45) is 0 Å². The lowest BCUT2D eigenvalue weighted by molar-refractivity contribution is 0.812. The van der Waals surface area contributed by atoms with Gasteiger partial charge in [0.15, 0.2) is 0 Å². The Morgan fingerprint density at radius 1 is 0.397 bits per heavy atom. The number of benzene rings is 8. The summed E-state index contributed by atoms with van der Waals surface area (Å²) in [6, 6.07) is 66.2. The Hall–Kier alpha value is -5.81. The summed E-state index contributed by atoms with van der Waals surface area (Å²) in [4.78, 5) is 10.3. The molecular formula is C57H50B2N2S2. The van der Waals surface area contributed by atoms with Crippen molar-refractivity contribution in [1.82, 2.24) is 0 Å². The summed E-state index contributed by atoms with van der Waals surface area (Å²) in [7, 11) is 0. The summed E-state index contributed by atoms with van der Waals surface area (Å²) >= 11 is 3.90. The SMILES string of the molecule is CC(C)c1cc(C(C)C)c(B2c3ccccc3Sc3cc4c(cc32)B2c3ccccc3N(c3ccccc3)c3cc(N(c5ccccc5)c5ccccc5)cc(c32)S4)c(C(C)C)c1. The molecule has 0 saturated carbocycles. The van der Waals surface area contributed by atoms with Gasteiger partial charge in [0.25, 0.3) is 0 Å². The van der Waals surface area contributed by atoms with Crippen molar-refractivity contribution in [2.75, 3.05) is 9.80 Å². The van der Waals surface area contributed by atoms with Gasteiger partial charge in [-0.1, -0.05) is 196 Å². The Morgan fingerprint density at radius 2 is 0.921 bits per heavy atom. The van der Waals surface area contributed by atoms with Gasteiger partial charge in [0.05, 0.1) is 0 Å². The molecule has 0 spiro atoms. The molecule has 6 heteroatoms. The van der Waals surface area contributed by atoms with Gasteiger partial charge in [-0.05, 0) is 112 Å². The summed E-state index contributed by atoms with van der Waals surface area (Å²) in [6.07, 6.45) is 0. The molecule has 0 aromatic heterocycles. The standard InChI is InChI=1S/C57H50B2N2S2/c1-36(2)39-30-44(37(3)4)56(45(31-39)38(5)6)59-47-27-17-19-29-52(47)62-53-35-54-48(34-49(53)59)58-46-26-16-18-28-50(46)61(42-24-14-9-15-25-42)51-32-43(33-55(63-54)57(51)58)60(40-20-10-7-11-21-40)41-22-12-8-13-23-41/h7-38H,1-6H3. The smallest absolute Gasteiger partial charge is 0.249 e. The number of hydrogen-bond acceptors (Lipinski definition) is 4. The van der Waals surface area contributed by atoms with Crippen molar-refractivity contribution in [2.45, 2.75) is 78.9 Å². The first-order valence-corrected chi connectivity index (χ1v) is 24.2. The molecule has 8 aromatic rings. The maximum atomic E-state index is 2.65. The molecule has 3 aliphatic rings. The Bertz CT molecular complexity index is 2950. The topological polar surface area (TPSA) is 6.48 Å². The average molecular weight is 849 g/mol. The fraction of sp³-hybridized carbons (Fsp3) is 0.158. The van der Waals surface area contributed by atoms with E-state index < -0.39 is 0 Å². The first kappa shape index (κ1) is 40.0. The van der Waals surface area contributed by atoms with Crippen LogP contribution >= 0.6 is 23.5 Å². The van der Waals surface area contributed by atoms with Gasteiger partial charge in [0.2, 0.25) is 13.4 Å². The Labute approximate surface area is 383 Å². The van der Waals surface area contributed by atoms with Crippen LogP contribution in [0.4, 0.5) is 34.1 Å². The number of rotatable bonds is 8. The third-order valence-corrected chi connectivity index (χ3v) is 15.6. The van der Waals surface area contributed by atoms with E-state index in [2.05, 4.69) is 227 Å². The molecule has 0 unspecified atom stereocenters. The van der Waals surface area contributed by atoms with Gasteiger partial charge >= 0.3 is 0 Å². The third-order valence-electron chi connectivity index (χ3n) is 13.3. The summed E-state index contributed by atoms with van der Waals surface area (Å²) in [5.41, 5.74) is 19.9. The second kappa shape index (κ2) is 16.1. The van der Waals surface area contributed by atoms with Gasteiger partial charge in [0, 0.05) is 53.7 Å². The molecule has 0 saturated heterocycles. The highest BCUT2D eigenvalue weighted by atomic mass is 32.2. The molecule has 0 atom stereocenters. The summed E-state index contributed by atoms with van der Waals surface area (Å²) in [5.74, 6) is 1.24. The molecule has 3 heterocycles. The Kier molecular flexibility index (Phi) is 10.2. The maximum absolute atomic E-state index is 2.65. The zero-order valence-electron chi connectivity index (χ0n) is 36.8. The van der Waals surface area contributed by atoms with E-state index in [1.807, 2.05) is 23.5 Å². The van der Waals surface area contributed by atoms with E-state index in [9.17, 15) is 0 Å². The molecule has 306 valence electrons. The second-order valence-corrected chi connectivity index (χ2v) is 20.4. The molecule has 2 nitrogen and oxygen atoms in total. The van der Waals surface area contributed by atoms with E-state index >= 15 is 0 Å². The number of fused-ring (bicyclic) bond motifs is 6. The van der Waals surface area contributed by atoms with E-state index in [4.69, 9.17) is 0 Å². The third kappa shape index (κ3) is 6.76. The van der Waals surface area contributed by atoms with Crippen LogP contribution in [-0.4, -0.2) is 13.4 Å². The van der Waals surface area contributed by atoms with E-state index in [1.54, 1.807) is 0 Å². The monoisotopic (exact) mass is 848 g/mol. The van der Waals surface area contributed by atoms with Crippen LogP contribution in [0.25, 0.3) is 0 Å². The molecular weight excluding hydrogens is 798 g/mol. The minimum atomic E-state index is 0.0592. The Balaban J connectivity index is 1.18. The summed E-state index contributed by atoms with van der Waals surface area (Å²) in [5, 5.41) is 0. The lowest BCUT2D eigenvalue weighted by Gasteiger charge is -2.42. The molecule has 8 aromatic carbocycles. The highest BCUT2D eigenvalue weighted by molar-refractivity contribution is 8.01. The molecule has 0 aliphatic carbocycles. The number of nitrogens with zero attached hydrogens (tertiary/aromatic N) is 2. The molecule has 3 aliphatic heterocycles. The lowest BCUT2D eigenvalue weighted by Crippen LogP contribution is -2.63. The maximum Gasteiger partial charge on any atom is 0.249 e. The van der Waals surface area contributed by atoms with Gasteiger partial charge in [-0.2, -0.15) is 0 Å². The van der Waals surface area contributed by atoms with Crippen molar-refractivity contribution in [1.29, 1.82) is 0 Å². The fourth-order valence-electron chi connectivity index (χ4n) is 10.4. The Morgan fingerprint density at radius 3 is 1.52 bits per heavy atom. The minimum absolute atomic E-state index is 0.0592. The van der Waals surface area contributed by atoms with E-state index in [0.717, 1.165) is 22.7 Å². The molecule has 0 fully saturated rings. The van der Waals surface area contributed by atoms with Crippen LogP contribution < -0.4 is 42.6 Å². The largest absolute Gasteiger partial charge is 0.311 e. The van der Waals surface area contributed by atoms with Gasteiger partial charge < -0.3 is 9.80 Å². The zero-order valence-corrected chi connectivity index (χ0v) is 38.5. The van der Waals surface area contributed by atoms with Crippen molar-refractivity contribution < 1.29 is 0 Å². The lowest BCUT2D eigenvalue weighted by atomic mass is 9.31. The predicted octanol–water partition coefficient (Wildman–Crippen LogP) is 12.3. The molecule has 0 bridgehead atoms. The van der Waals surface area contributed by atoms with Crippen LogP contribution in [0, 0.1) is 0 Å². The summed E-state index contributed by atoms with van der Waals surface area (Å²) in [6.45, 7) is 14.4. The van der Waals surface area contributed by atoms with Crippen molar-refractivity contribution in [3.05, 3.63) is 193 Å². The van der Waals surface area contributed by atoms with Gasteiger partial charge in [-0.25, -0.2) is 0 Å². The van der Waals surface area contributed by atoms with Crippen LogP contribution in [0.3, 0.4) is 0 Å². The van der Waals surface area contributed by atoms with Crippen molar-refractivity contribution in [3.63, 3.8) is 0 Å². The predicted molar refractivity (Wildman–Crippen MR) is 275 cm³/mol. The molecule has 0 radical (unpaired) electrons. The van der Waals surface area contributed by atoms with Crippen LogP contribution in [0.15, 0.2) is 196 Å². The van der Waals surface area contributed by atoms with E-state index in [1.165, 1.54) is 80.4 Å². The van der Waals surface area contributed by atoms with Crippen LogP contribution in [0.2, 0.25) is 0 Å². The quantitative estimate of drug-likeness (QED) is 0.141. The van der Waals surface area contributed by atoms with Crippen LogP contribution in [0.1, 0.15) is 76.0 Å². The summed E-state index contributed by atoms with van der Waals surface area (Å²) < 4.78 is 0.